The van der Waals surface area contributed by atoms with Crippen LogP contribution in [0, 0.1) is 37.5 Å². The highest BCUT2D eigenvalue weighted by atomic mass is 16.5. The number of amides is 1. The van der Waals surface area contributed by atoms with Crippen LogP contribution in [0.5, 0.6) is 5.75 Å². The molecule has 2 aromatic carbocycles. The van der Waals surface area contributed by atoms with E-state index in [1.807, 2.05) is 67.0 Å². The second-order valence-electron chi connectivity index (χ2n) is 6.75. The van der Waals surface area contributed by atoms with E-state index in [0.717, 1.165) is 17.2 Å². The largest absolute Gasteiger partial charge is 0.497 e. The SMILES string of the molecule is COc1cccc([C@H](C)N2C(=O)[C@H]([C]3[CH][CH][CH][CH]3)[C@@H]2c2ccccc2)c1. The van der Waals surface area contributed by atoms with Crippen LogP contribution in [0.25, 0.3) is 0 Å². The van der Waals surface area contributed by atoms with Gasteiger partial charge < -0.3 is 9.64 Å². The zero-order valence-corrected chi connectivity index (χ0v) is 15.0. The minimum atomic E-state index is -0.111. The van der Waals surface area contributed by atoms with Crippen molar-refractivity contribution in [2.75, 3.05) is 7.11 Å². The van der Waals surface area contributed by atoms with Crippen LogP contribution in [-0.4, -0.2) is 17.9 Å². The Kier molecular flexibility index (Phi) is 4.71. The van der Waals surface area contributed by atoms with E-state index in [2.05, 4.69) is 25.1 Å². The summed E-state index contributed by atoms with van der Waals surface area (Å²) >= 11 is 0. The number of likely N-dealkylation sites (tertiary alicyclic amines) is 1. The molecule has 1 amide bonds. The maximum atomic E-state index is 13.1. The van der Waals surface area contributed by atoms with Gasteiger partial charge in [0.2, 0.25) is 5.91 Å². The van der Waals surface area contributed by atoms with Gasteiger partial charge in [-0.3, -0.25) is 4.79 Å². The third-order valence-corrected chi connectivity index (χ3v) is 5.32. The van der Waals surface area contributed by atoms with Crippen molar-refractivity contribution in [3.63, 3.8) is 0 Å². The van der Waals surface area contributed by atoms with Crippen molar-refractivity contribution in [2.45, 2.75) is 19.0 Å². The number of ether oxygens (including phenoxy) is 1. The fourth-order valence-electron chi connectivity index (χ4n) is 3.93. The van der Waals surface area contributed by atoms with Crippen molar-refractivity contribution in [1.29, 1.82) is 0 Å². The molecule has 0 bridgehead atoms. The maximum absolute atomic E-state index is 13.1. The second kappa shape index (κ2) is 7.14. The molecule has 2 fully saturated rings. The number of methoxy groups -OCH3 is 1. The number of hydrogen-bond donors (Lipinski definition) is 0. The summed E-state index contributed by atoms with van der Waals surface area (Å²) in [5, 5.41) is 0. The molecule has 2 aromatic rings. The molecule has 0 aromatic heterocycles. The number of hydrogen-bond acceptors (Lipinski definition) is 2. The van der Waals surface area contributed by atoms with Crippen LogP contribution in [0.15, 0.2) is 54.6 Å². The minimum Gasteiger partial charge on any atom is -0.497 e. The lowest BCUT2D eigenvalue weighted by Crippen LogP contribution is -2.57. The summed E-state index contributed by atoms with van der Waals surface area (Å²) in [6.07, 6.45) is 8.09. The van der Waals surface area contributed by atoms with E-state index in [1.165, 1.54) is 5.56 Å². The Balaban J connectivity index is 1.66. The highest BCUT2D eigenvalue weighted by Crippen LogP contribution is 2.52. The number of benzene rings is 2. The lowest BCUT2D eigenvalue weighted by atomic mass is 9.72. The second-order valence-corrected chi connectivity index (χ2v) is 6.75. The first-order valence-electron chi connectivity index (χ1n) is 8.93. The average molecular weight is 344 g/mol. The van der Waals surface area contributed by atoms with Crippen molar-refractivity contribution in [3.05, 3.63) is 97.3 Å². The lowest BCUT2D eigenvalue weighted by molar-refractivity contribution is -0.159. The molecule has 1 heterocycles. The molecule has 1 aliphatic heterocycles. The highest BCUT2D eigenvalue weighted by molar-refractivity contribution is 5.90. The first-order valence-corrected chi connectivity index (χ1v) is 8.93. The molecule has 1 aliphatic carbocycles. The van der Waals surface area contributed by atoms with E-state index in [9.17, 15) is 4.79 Å². The third kappa shape index (κ3) is 2.90. The summed E-state index contributed by atoms with van der Waals surface area (Å²) in [7, 11) is 1.66. The average Bonchev–Trinajstić information content (AvgIpc) is 3.20. The summed E-state index contributed by atoms with van der Waals surface area (Å²) in [4.78, 5) is 15.1. The van der Waals surface area contributed by atoms with Crippen molar-refractivity contribution in [2.24, 2.45) is 5.92 Å². The van der Waals surface area contributed by atoms with Crippen LogP contribution in [0.2, 0.25) is 0 Å². The minimum absolute atomic E-state index is 0.0194. The first kappa shape index (κ1) is 17.1. The van der Waals surface area contributed by atoms with Crippen molar-refractivity contribution < 1.29 is 9.53 Å². The molecule has 3 heteroatoms. The molecular formula is C23H22NO2. The highest BCUT2D eigenvalue weighted by Gasteiger charge is 2.53. The monoisotopic (exact) mass is 344 g/mol. The number of β-lactam (4-membered cyclic amide) rings is 1. The number of carbonyl (C=O) groups excluding carboxylic acids is 1. The van der Waals surface area contributed by atoms with Gasteiger partial charge in [0.15, 0.2) is 0 Å². The zero-order chi connectivity index (χ0) is 18.1. The summed E-state index contributed by atoms with van der Waals surface area (Å²) in [6, 6.07) is 18.3. The van der Waals surface area contributed by atoms with Gasteiger partial charge in [-0.05, 0) is 61.8 Å². The first-order chi connectivity index (χ1) is 12.7. The Labute approximate surface area is 156 Å². The van der Waals surface area contributed by atoms with E-state index in [4.69, 9.17) is 4.74 Å². The molecule has 1 saturated heterocycles. The molecule has 2 aliphatic rings. The molecule has 0 N–H and O–H groups in total. The fourth-order valence-corrected chi connectivity index (χ4v) is 3.93. The molecule has 131 valence electrons. The van der Waals surface area contributed by atoms with Crippen LogP contribution < -0.4 is 4.74 Å². The fraction of sp³-hybridized carbons (Fsp3) is 0.217. The van der Waals surface area contributed by atoms with Gasteiger partial charge in [-0.2, -0.15) is 0 Å². The third-order valence-electron chi connectivity index (χ3n) is 5.32. The van der Waals surface area contributed by atoms with Gasteiger partial charge in [0.1, 0.15) is 5.75 Å². The topological polar surface area (TPSA) is 29.5 Å². The van der Waals surface area contributed by atoms with Crippen LogP contribution in [0.3, 0.4) is 0 Å². The Morgan fingerprint density at radius 1 is 1.00 bits per heavy atom. The van der Waals surface area contributed by atoms with Gasteiger partial charge in [-0.15, -0.1) is 0 Å². The van der Waals surface area contributed by atoms with Gasteiger partial charge in [-0.25, -0.2) is 0 Å². The molecule has 26 heavy (non-hydrogen) atoms. The van der Waals surface area contributed by atoms with E-state index in [0.29, 0.717) is 0 Å². The normalized spacial score (nSPS) is 24.4. The molecule has 5 radical (unpaired) electrons. The van der Waals surface area contributed by atoms with Gasteiger partial charge in [-0.1, -0.05) is 42.5 Å². The number of carbonyl (C=O) groups is 1. The summed E-state index contributed by atoms with van der Waals surface area (Å²) < 4.78 is 5.35. The van der Waals surface area contributed by atoms with E-state index < -0.39 is 0 Å². The van der Waals surface area contributed by atoms with Crippen LogP contribution in [-0.2, 0) is 4.79 Å². The maximum Gasteiger partial charge on any atom is 0.229 e. The molecule has 3 nitrogen and oxygen atoms in total. The summed E-state index contributed by atoms with van der Waals surface area (Å²) in [5.74, 6) is 1.98. The Morgan fingerprint density at radius 3 is 2.42 bits per heavy atom. The predicted molar refractivity (Wildman–Crippen MR) is 101 cm³/mol. The van der Waals surface area contributed by atoms with Crippen molar-refractivity contribution in [3.8, 4) is 5.75 Å². The lowest BCUT2D eigenvalue weighted by Gasteiger charge is -2.52. The molecule has 1 saturated carbocycles. The molecule has 3 atom stereocenters. The van der Waals surface area contributed by atoms with E-state index in [1.54, 1.807) is 7.11 Å². The van der Waals surface area contributed by atoms with E-state index in [-0.39, 0.29) is 23.9 Å². The Morgan fingerprint density at radius 2 is 1.73 bits per heavy atom. The van der Waals surface area contributed by atoms with Gasteiger partial charge in [0.05, 0.1) is 25.1 Å². The smallest absolute Gasteiger partial charge is 0.229 e. The molecular weight excluding hydrogens is 322 g/mol. The van der Waals surface area contributed by atoms with Crippen LogP contribution in [0.1, 0.15) is 30.1 Å². The standard InChI is InChI=1S/C23H22NO2/c1-16(19-13-8-14-20(15-19)26-2)24-22(18-11-4-3-5-12-18)21(23(24)25)17-9-6-7-10-17/h3-16,21-22H,1-2H3/t16-,21+,22-/m0/s1. The van der Waals surface area contributed by atoms with Crippen LogP contribution >= 0.6 is 0 Å². The Hall–Kier alpha value is -2.29. The van der Waals surface area contributed by atoms with Crippen LogP contribution in [0.4, 0.5) is 0 Å². The van der Waals surface area contributed by atoms with E-state index >= 15 is 0 Å². The van der Waals surface area contributed by atoms with Gasteiger partial charge in [0.25, 0.3) is 0 Å². The predicted octanol–water partition coefficient (Wildman–Crippen LogP) is 4.36. The van der Waals surface area contributed by atoms with Crippen molar-refractivity contribution >= 4 is 5.91 Å². The Bertz CT molecular complexity index is 767. The molecule has 4 rings (SSSR count). The molecule has 0 unspecified atom stereocenters. The quantitative estimate of drug-likeness (QED) is 0.754. The number of nitrogens with zero attached hydrogens (tertiary/aromatic N) is 1. The molecule has 0 spiro atoms. The summed E-state index contributed by atoms with van der Waals surface area (Å²) in [6.45, 7) is 2.09. The number of rotatable bonds is 5. The summed E-state index contributed by atoms with van der Waals surface area (Å²) in [5.41, 5.74) is 2.26. The van der Waals surface area contributed by atoms with Gasteiger partial charge >= 0.3 is 0 Å². The van der Waals surface area contributed by atoms with Gasteiger partial charge in [0, 0.05) is 0 Å². The zero-order valence-electron chi connectivity index (χ0n) is 15.0. The van der Waals surface area contributed by atoms with Crippen molar-refractivity contribution in [1.82, 2.24) is 4.90 Å².